The van der Waals surface area contributed by atoms with Gasteiger partial charge in [0.05, 0.1) is 6.42 Å². The van der Waals surface area contributed by atoms with E-state index in [1.807, 2.05) is 68.4 Å². The number of carbonyl (C=O) groups excluding carboxylic acids is 2. The van der Waals surface area contributed by atoms with Crippen LogP contribution in [0.25, 0.3) is 0 Å². The quantitative estimate of drug-likeness (QED) is 0.543. The van der Waals surface area contributed by atoms with E-state index in [0.29, 0.717) is 18.5 Å². The highest BCUT2D eigenvalue weighted by Crippen LogP contribution is 2.18. The van der Waals surface area contributed by atoms with Crippen molar-refractivity contribution in [1.29, 1.82) is 0 Å². The van der Waals surface area contributed by atoms with Gasteiger partial charge < -0.3 is 10.2 Å². The second-order valence-corrected chi connectivity index (χ2v) is 7.88. The van der Waals surface area contributed by atoms with E-state index in [-0.39, 0.29) is 24.8 Å². The van der Waals surface area contributed by atoms with Crippen molar-refractivity contribution in [3.8, 4) is 0 Å². The van der Waals surface area contributed by atoms with Gasteiger partial charge in [0.25, 0.3) is 0 Å². The molecule has 5 heteroatoms. The molecule has 0 fully saturated rings. The number of hydrogen-bond acceptors (Lipinski definition) is 2. The molecular weight excluding hydrogens is 403 g/mol. The van der Waals surface area contributed by atoms with Crippen molar-refractivity contribution in [3.05, 3.63) is 107 Å². The Labute approximate surface area is 189 Å². The maximum absolute atomic E-state index is 14.5. The van der Waals surface area contributed by atoms with Crippen LogP contribution in [0.15, 0.2) is 78.9 Å². The van der Waals surface area contributed by atoms with E-state index in [2.05, 4.69) is 5.32 Å². The molecular formula is C27H29FN2O2. The second kappa shape index (κ2) is 11.2. The summed E-state index contributed by atoms with van der Waals surface area (Å²) in [6.45, 7) is 4.30. The van der Waals surface area contributed by atoms with Gasteiger partial charge in [-0.15, -0.1) is 0 Å². The summed E-state index contributed by atoms with van der Waals surface area (Å²) >= 11 is 0. The van der Waals surface area contributed by atoms with Gasteiger partial charge >= 0.3 is 0 Å². The van der Waals surface area contributed by atoms with Crippen LogP contribution in [-0.2, 0) is 29.0 Å². The van der Waals surface area contributed by atoms with Gasteiger partial charge in [0, 0.05) is 25.1 Å². The summed E-state index contributed by atoms with van der Waals surface area (Å²) in [6, 6.07) is 22.9. The van der Waals surface area contributed by atoms with Crippen molar-refractivity contribution < 1.29 is 14.0 Å². The van der Waals surface area contributed by atoms with Gasteiger partial charge in [0.1, 0.15) is 11.9 Å². The molecule has 3 aromatic rings. The Balaban J connectivity index is 1.95. The standard InChI is InChI=1S/C27H29FN2O2/c1-3-29-27(32)25(17-21-9-5-4-6-10-21)30(19-23-11-7-8-12-24(23)28)26(31)18-22-15-13-20(2)14-16-22/h4-16,25H,3,17-19H2,1-2H3,(H,29,32)/t25-/m0/s1. The van der Waals surface area contributed by atoms with Crippen molar-refractivity contribution in [3.63, 3.8) is 0 Å². The Hall–Kier alpha value is -3.47. The third-order valence-electron chi connectivity index (χ3n) is 5.40. The van der Waals surface area contributed by atoms with E-state index in [9.17, 15) is 14.0 Å². The molecule has 0 aliphatic carbocycles. The zero-order valence-corrected chi connectivity index (χ0v) is 18.6. The van der Waals surface area contributed by atoms with Gasteiger partial charge in [-0.05, 0) is 31.0 Å². The topological polar surface area (TPSA) is 49.4 Å². The van der Waals surface area contributed by atoms with E-state index in [0.717, 1.165) is 16.7 Å². The maximum Gasteiger partial charge on any atom is 0.243 e. The predicted octanol–water partition coefficient (Wildman–Crippen LogP) is 4.45. The minimum Gasteiger partial charge on any atom is -0.355 e. The lowest BCUT2D eigenvalue weighted by Crippen LogP contribution is -2.51. The van der Waals surface area contributed by atoms with E-state index < -0.39 is 11.9 Å². The molecule has 1 N–H and O–H groups in total. The number of halogens is 1. The first-order valence-corrected chi connectivity index (χ1v) is 10.9. The largest absolute Gasteiger partial charge is 0.355 e. The Kier molecular flexibility index (Phi) is 8.14. The highest BCUT2D eigenvalue weighted by atomic mass is 19.1. The van der Waals surface area contributed by atoms with Gasteiger partial charge in [-0.2, -0.15) is 0 Å². The van der Waals surface area contributed by atoms with Gasteiger partial charge in [-0.3, -0.25) is 9.59 Å². The van der Waals surface area contributed by atoms with Crippen LogP contribution in [0.1, 0.15) is 29.2 Å². The highest BCUT2D eigenvalue weighted by Gasteiger charge is 2.30. The van der Waals surface area contributed by atoms with E-state index in [1.165, 1.54) is 11.0 Å². The Morgan fingerprint density at radius 2 is 1.56 bits per heavy atom. The average Bonchev–Trinajstić information content (AvgIpc) is 2.79. The van der Waals surface area contributed by atoms with Crippen LogP contribution in [0.2, 0.25) is 0 Å². The van der Waals surface area contributed by atoms with Crippen LogP contribution in [0.5, 0.6) is 0 Å². The average molecular weight is 433 g/mol. The molecule has 0 spiro atoms. The number of amides is 2. The first kappa shape index (κ1) is 23.2. The van der Waals surface area contributed by atoms with Gasteiger partial charge in [-0.25, -0.2) is 4.39 Å². The number of carbonyl (C=O) groups is 2. The summed E-state index contributed by atoms with van der Waals surface area (Å²) in [4.78, 5) is 28.1. The molecule has 0 bridgehead atoms. The molecule has 0 aromatic heterocycles. The molecule has 0 radical (unpaired) electrons. The lowest BCUT2D eigenvalue weighted by molar-refractivity contribution is -0.140. The van der Waals surface area contributed by atoms with Crippen LogP contribution < -0.4 is 5.32 Å². The fourth-order valence-electron chi connectivity index (χ4n) is 3.64. The molecule has 3 rings (SSSR count). The van der Waals surface area contributed by atoms with Crippen molar-refractivity contribution >= 4 is 11.8 Å². The second-order valence-electron chi connectivity index (χ2n) is 7.88. The minimum absolute atomic E-state index is 0.0198. The van der Waals surface area contributed by atoms with Gasteiger partial charge in [0.15, 0.2) is 0 Å². The fourth-order valence-corrected chi connectivity index (χ4v) is 3.64. The van der Waals surface area contributed by atoms with Crippen molar-refractivity contribution in [2.75, 3.05) is 6.54 Å². The molecule has 0 saturated heterocycles. The zero-order valence-electron chi connectivity index (χ0n) is 18.6. The molecule has 0 unspecified atom stereocenters. The van der Waals surface area contributed by atoms with Crippen molar-refractivity contribution in [2.24, 2.45) is 0 Å². The summed E-state index contributed by atoms with van der Waals surface area (Å²) in [5.41, 5.74) is 3.28. The third-order valence-corrected chi connectivity index (χ3v) is 5.40. The van der Waals surface area contributed by atoms with Crippen molar-refractivity contribution in [1.82, 2.24) is 10.2 Å². The molecule has 4 nitrogen and oxygen atoms in total. The molecule has 0 heterocycles. The molecule has 2 amide bonds. The van der Waals surface area contributed by atoms with E-state index in [1.54, 1.807) is 18.2 Å². The highest BCUT2D eigenvalue weighted by molar-refractivity contribution is 5.88. The molecule has 0 aliphatic heterocycles. The zero-order chi connectivity index (χ0) is 22.9. The van der Waals surface area contributed by atoms with Crippen molar-refractivity contribution in [2.45, 2.75) is 39.3 Å². The van der Waals surface area contributed by atoms with Crippen LogP contribution >= 0.6 is 0 Å². The molecule has 1 atom stereocenters. The van der Waals surface area contributed by atoms with E-state index in [4.69, 9.17) is 0 Å². The Morgan fingerprint density at radius 1 is 0.906 bits per heavy atom. The molecule has 166 valence electrons. The SMILES string of the molecule is CCNC(=O)[C@H](Cc1ccccc1)N(Cc1ccccc1F)C(=O)Cc1ccc(C)cc1. The fraction of sp³-hybridized carbons (Fsp3) is 0.259. The van der Waals surface area contributed by atoms with Gasteiger partial charge in [-0.1, -0.05) is 78.4 Å². The third kappa shape index (κ3) is 6.27. The normalized spacial score (nSPS) is 11.6. The maximum atomic E-state index is 14.5. The van der Waals surface area contributed by atoms with Gasteiger partial charge in [0.2, 0.25) is 11.8 Å². The number of benzene rings is 3. The van der Waals surface area contributed by atoms with Crippen LogP contribution in [-0.4, -0.2) is 29.3 Å². The summed E-state index contributed by atoms with van der Waals surface area (Å²) in [5.74, 6) is -0.857. The molecule has 3 aromatic carbocycles. The molecule has 0 saturated carbocycles. The summed E-state index contributed by atoms with van der Waals surface area (Å²) in [5, 5.41) is 2.85. The molecule has 32 heavy (non-hydrogen) atoms. The number of hydrogen-bond donors (Lipinski definition) is 1. The Morgan fingerprint density at radius 3 is 2.22 bits per heavy atom. The first-order chi connectivity index (χ1) is 15.5. The van der Waals surface area contributed by atoms with Crippen LogP contribution in [0.3, 0.4) is 0 Å². The molecule has 0 aliphatic rings. The first-order valence-electron chi connectivity index (χ1n) is 10.9. The predicted molar refractivity (Wildman–Crippen MR) is 124 cm³/mol. The lowest BCUT2D eigenvalue weighted by Gasteiger charge is -2.31. The van der Waals surface area contributed by atoms with Crippen LogP contribution in [0.4, 0.5) is 4.39 Å². The number of nitrogens with one attached hydrogen (secondary N) is 1. The smallest absolute Gasteiger partial charge is 0.243 e. The summed E-state index contributed by atoms with van der Waals surface area (Å²) in [7, 11) is 0. The summed E-state index contributed by atoms with van der Waals surface area (Å²) in [6.07, 6.45) is 0.486. The monoisotopic (exact) mass is 432 g/mol. The number of rotatable bonds is 9. The number of likely N-dealkylation sites (N-methyl/N-ethyl adjacent to an activating group) is 1. The summed E-state index contributed by atoms with van der Waals surface area (Å²) < 4.78 is 14.5. The van der Waals surface area contributed by atoms with E-state index >= 15 is 0 Å². The number of nitrogens with zero attached hydrogens (tertiary/aromatic N) is 1. The minimum atomic E-state index is -0.755. The van der Waals surface area contributed by atoms with Crippen LogP contribution in [0, 0.1) is 12.7 Å². The Bertz CT molecular complexity index is 1040. The lowest BCUT2D eigenvalue weighted by atomic mass is 10.0. The number of aryl methyl sites for hydroxylation is 1.